The molecule has 0 spiro atoms. The number of carbonyl (C=O) groups is 1. The van der Waals surface area contributed by atoms with Crippen LogP contribution < -0.4 is 10.0 Å². The predicted octanol–water partition coefficient (Wildman–Crippen LogP) is 2.49. The second-order valence-corrected chi connectivity index (χ2v) is 8.49. The third-order valence-corrected chi connectivity index (χ3v) is 5.91. The molecule has 1 fully saturated rings. The number of para-hydroxylation sites is 1. The Labute approximate surface area is 163 Å². The number of amides is 1. The molecule has 1 heterocycles. The zero-order chi connectivity index (χ0) is 19.6. The van der Waals surface area contributed by atoms with E-state index >= 15 is 0 Å². The molecule has 7 nitrogen and oxygen atoms in total. The smallest absolute Gasteiger partial charge is 0.240 e. The zero-order valence-electron chi connectivity index (χ0n) is 15.1. The lowest BCUT2D eigenvalue weighted by atomic mass is 10.2. The lowest BCUT2D eigenvalue weighted by molar-refractivity contribution is -0.115. The Morgan fingerprint density at radius 1 is 1.07 bits per heavy atom. The molecule has 0 unspecified atom stereocenters. The topological polar surface area (TPSA) is 93.1 Å². The largest absolute Gasteiger partial charge is 0.326 e. The molecule has 144 valence electrons. The summed E-state index contributed by atoms with van der Waals surface area (Å²) in [7, 11) is -3.49. The highest BCUT2D eigenvalue weighted by Gasteiger charge is 2.27. The highest BCUT2D eigenvalue weighted by Crippen LogP contribution is 2.22. The monoisotopic (exact) mass is 396 g/mol. The number of nitrogens with zero attached hydrogens (tertiary/aromatic N) is 2. The molecule has 8 heteroatoms. The molecular formula is C20H20N4O3S. The maximum absolute atomic E-state index is 12.3. The van der Waals surface area contributed by atoms with Crippen LogP contribution in [-0.2, 0) is 21.2 Å². The molecule has 28 heavy (non-hydrogen) atoms. The number of hydrogen-bond donors (Lipinski definition) is 2. The molecule has 1 amide bonds. The summed E-state index contributed by atoms with van der Waals surface area (Å²) in [6, 6.07) is 15.9. The molecular weight excluding hydrogens is 376 g/mol. The Hall–Kier alpha value is -2.97. The molecule has 2 aromatic carbocycles. The van der Waals surface area contributed by atoms with Crippen LogP contribution in [0.3, 0.4) is 0 Å². The Bertz CT molecular complexity index is 1070. The minimum absolute atomic E-state index is 0.0566. The number of nitrogens with one attached hydrogen (secondary N) is 2. The summed E-state index contributed by atoms with van der Waals surface area (Å²) in [5, 5.41) is 7.06. The van der Waals surface area contributed by atoms with Crippen LogP contribution in [0.15, 0.2) is 71.9 Å². The van der Waals surface area contributed by atoms with Gasteiger partial charge in [-0.3, -0.25) is 4.79 Å². The SMILES string of the molecule is O=C(Cc1cnn(-c2ccccc2)c1)Nc1ccc(S(=O)(=O)NC2CC2)cc1. The van der Waals surface area contributed by atoms with E-state index in [1.54, 1.807) is 23.0 Å². The quantitative estimate of drug-likeness (QED) is 0.642. The fourth-order valence-corrected chi connectivity index (χ4v) is 4.07. The van der Waals surface area contributed by atoms with E-state index < -0.39 is 10.0 Å². The van der Waals surface area contributed by atoms with Gasteiger partial charge in [-0.1, -0.05) is 18.2 Å². The van der Waals surface area contributed by atoms with E-state index in [-0.39, 0.29) is 23.3 Å². The molecule has 0 bridgehead atoms. The van der Waals surface area contributed by atoms with Crippen molar-refractivity contribution in [2.24, 2.45) is 0 Å². The number of carbonyl (C=O) groups excluding carboxylic acids is 1. The highest BCUT2D eigenvalue weighted by molar-refractivity contribution is 7.89. The summed E-state index contributed by atoms with van der Waals surface area (Å²) < 4.78 is 28.7. The first kappa shape index (κ1) is 18.4. The molecule has 0 atom stereocenters. The van der Waals surface area contributed by atoms with E-state index in [9.17, 15) is 13.2 Å². The fourth-order valence-electron chi connectivity index (χ4n) is 2.77. The molecule has 0 aliphatic heterocycles. The number of sulfonamides is 1. The van der Waals surface area contributed by atoms with Crippen LogP contribution in [0.4, 0.5) is 5.69 Å². The second kappa shape index (κ2) is 7.57. The lowest BCUT2D eigenvalue weighted by Gasteiger charge is -2.08. The summed E-state index contributed by atoms with van der Waals surface area (Å²) in [5.74, 6) is -0.195. The van der Waals surface area contributed by atoms with Crippen LogP contribution in [0.25, 0.3) is 5.69 Å². The van der Waals surface area contributed by atoms with Gasteiger partial charge in [0.05, 0.1) is 23.2 Å². The van der Waals surface area contributed by atoms with E-state index in [2.05, 4.69) is 15.1 Å². The zero-order valence-corrected chi connectivity index (χ0v) is 15.9. The first-order valence-electron chi connectivity index (χ1n) is 9.01. The number of rotatable bonds is 7. The Morgan fingerprint density at radius 2 is 1.79 bits per heavy atom. The first-order chi connectivity index (χ1) is 13.5. The van der Waals surface area contributed by atoms with Gasteiger partial charge in [0, 0.05) is 17.9 Å². The summed E-state index contributed by atoms with van der Waals surface area (Å²) in [5.41, 5.74) is 2.26. The normalized spacial score (nSPS) is 14.0. The molecule has 1 saturated carbocycles. The van der Waals surface area contributed by atoms with Gasteiger partial charge in [-0.25, -0.2) is 17.8 Å². The molecule has 2 N–H and O–H groups in total. The van der Waals surface area contributed by atoms with E-state index in [4.69, 9.17) is 0 Å². The number of benzene rings is 2. The van der Waals surface area contributed by atoms with E-state index in [1.807, 2.05) is 36.5 Å². The summed E-state index contributed by atoms with van der Waals surface area (Å²) in [6.45, 7) is 0. The van der Waals surface area contributed by atoms with Crippen molar-refractivity contribution in [3.8, 4) is 5.69 Å². The van der Waals surface area contributed by atoms with Crippen molar-refractivity contribution in [2.75, 3.05) is 5.32 Å². The van der Waals surface area contributed by atoms with Crippen molar-refractivity contribution in [2.45, 2.75) is 30.2 Å². The lowest BCUT2D eigenvalue weighted by Crippen LogP contribution is -2.25. The third kappa shape index (κ3) is 4.47. The molecule has 1 aliphatic carbocycles. The predicted molar refractivity (Wildman–Crippen MR) is 106 cm³/mol. The molecule has 0 radical (unpaired) electrons. The Balaban J connectivity index is 1.37. The van der Waals surface area contributed by atoms with Gasteiger partial charge in [-0.05, 0) is 54.8 Å². The standard InChI is InChI=1S/C20H20N4O3S/c25-20(12-15-13-21-24(14-15)18-4-2-1-3-5-18)22-16-8-10-19(11-9-16)28(26,27)23-17-6-7-17/h1-5,8-11,13-14,17,23H,6-7,12H2,(H,22,25). The Morgan fingerprint density at radius 3 is 2.46 bits per heavy atom. The fraction of sp³-hybridized carbons (Fsp3) is 0.200. The van der Waals surface area contributed by atoms with Gasteiger partial charge in [0.1, 0.15) is 0 Å². The van der Waals surface area contributed by atoms with Crippen LogP contribution >= 0.6 is 0 Å². The minimum atomic E-state index is -3.49. The second-order valence-electron chi connectivity index (χ2n) is 6.77. The number of hydrogen-bond acceptors (Lipinski definition) is 4. The van der Waals surface area contributed by atoms with Crippen LogP contribution in [-0.4, -0.2) is 30.1 Å². The van der Waals surface area contributed by atoms with Crippen molar-refractivity contribution < 1.29 is 13.2 Å². The van der Waals surface area contributed by atoms with Gasteiger partial charge >= 0.3 is 0 Å². The van der Waals surface area contributed by atoms with Crippen molar-refractivity contribution in [1.82, 2.24) is 14.5 Å². The number of aromatic nitrogens is 2. The minimum Gasteiger partial charge on any atom is -0.326 e. The van der Waals surface area contributed by atoms with Gasteiger partial charge in [-0.15, -0.1) is 0 Å². The maximum atomic E-state index is 12.3. The van der Waals surface area contributed by atoms with Crippen LogP contribution in [0.1, 0.15) is 18.4 Å². The molecule has 1 aromatic heterocycles. The highest BCUT2D eigenvalue weighted by atomic mass is 32.2. The van der Waals surface area contributed by atoms with Gasteiger partial charge < -0.3 is 5.32 Å². The van der Waals surface area contributed by atoms with E-state index in [0.29, 0.717) is 5.69 Å². The van der Waals surface area contributed by atoms with E-state index in [0.717, 1.165) is 24.1 Å². The summed E-state index contributed by atoms with van der Waals surface area (Å²) in [4.78, 5) is 12.5. The van der Waals surface area contributed by atoms with Gasteiger partial charge in [0.15, 0.2) is 0 Å². The third-order valence-electron chi connectivity index (χ3n) is 4.37. The van der Waals surface area contributed by atoms with Gasteiger partial charge in [0.25, 0.3) is 0 Å². The average Bonchev–Trinajstić information content (AvgIpc) is 3.36. The summed E-state index contributed by atoms with van der Waals surface area (Å²) >= 11 is 0. The van der Waals surface area contributed by atoms with Crippen molar-refractivity contribution in [3.05, 3.63) is 72.6 Å². The molecule has 1 aliphatic rings. The molecule has 3 aromatic rings. The van der Waals surface area contributed by atoms with Gasteiger partial charge in [0.2, 0.25) is 15.9 Å². The first-order valence-corrected chi connectivity index (χ1v) is 10.5. The van der Waals surface area contributed by atoms with Crippen LogP contribution in [0, 0.1) is 0 Å². The number of anilines is 1. The Kier molecular flexibility index (Phi) is 4.97. The average molecular weight is 396 g/mol. The summed E-state index contributed by atoms with van der Waals surface area (Å²) in [6.07, 6.45) is 5.42. The van der Waals surface area contributed by atoms with Crippen molar-refractivity contribution >= 4 is 21.6 Å². The van der Waals surface area contributed by atoms with Crippen molar-refractivity contribution in [3.63, 3.8) is 0 Å². The van der Waals surface area contributed by atoms with Crippen molar-refractivity contribution in [1.29, 1.82) is 0 Å². The van der Waals surface area contributed by atoms with E-state index in [1.165, 1.54) is 12.1 Å². The van der Waals surface area contributed by atoms with Gasteiger partial charge in [-0.2, -0.15) is 5.10 Å². The molecule has 4 rings (SSSR count). The molecule has 0 saturated heterocycles. The maximum Gasteiger partial charge on any atom is 0.240 e. The van der Waals surface area contributed by atoms with Crippen LogP contribution in [0.5, 0.6) is 0 Å². The van der Waals surface area contributed by atoms with Crippen LogP contribution in [0.2, 0.25) is 0 Å².